The number of amides is 1. The molecule has 1 amide bonds. The molecule has 0 saturated heterocycles. The number of carbonyl (C=O) groups excluding carboxylic acids is 1. The molecule has 20 heavy (non-hydrogen) atoms. The molecule has 0 fully saturated rings. The minimum absolute atomic E-state index is 0.221. The number of para-hydroxylation sites is 1. The molecule has 104 valence electrons. The lowest BCUT2D eigenvalue weighted by molar-refractivity contribution is 0.102. The van der Waals surface area contributed by atoms with Gasteiger partial charge in [-0.1, -0.05) is 25.1 Å². The normalized spacial score (nSPS) is 10.3. The predicted octanol–water partition coefficient (Wildman–Crippen LogP) is 3.21. The first-order valence-corrected chi connectivity index (χ1v) is 7.22. The van der Waals surface area contributed by atoms with E-state index in [1.54, 1.807) is 18.3 Å². The van der Waals surface area contributed by atoms with Crippen molar-refractivity contribution in [2.24, 2.45) is 0 Å². The summed E-state index contributed by atoms with van der Waals surface area (Å²) in [5, 5.41) is 6.16. The van der Waals surface area contributed by atoms with E-state index in [2.05, 4.69) is 31.5 Å². The van der Waals surface area contributed by atoms with Crippen LogP contribution in [-0.4, -0.2) is 17.4 Å². The van der Waals surface area contributed by atoms with Crippen molar-refractivity contribution in [2.45, 2.75) is 13.5 Å². The Kier molecular flexibility index (Phi) is 5.26. The summed E-state index contributed by atoms with van der Waals surface area (Å²) in [5.74, 6) is -0.221. The molecule has 0 aliphatic carbocycles. The quantitative estimate of drug-likeness (QED) is 0.883. The Labute approximate surface area is 126 Å². The van der Waals surface area contributed by atoms with Crippen LogP contribution in [-0.2, 0) is 6.54 Å². The van der Waals surface area contributed by atoms with Crippen LogP contribution in [0.25, 0.3) is 0 Å². The number of carbonyl (C=O) groups is 1. The zero-order valence-corrected chi connectivity index (χ0v) is 12.8. The van der Waals surface area contributed by atoms with Gasteiger partial charge in [0.2, 0.25) is 0 Å². The van der Waals surface area contributed by atoms with E-state index in [4.69, 9.17) is 0 Å². The van der Waals surface area contributed by atoms with Crippen molar-refractivity contribution in [3.8, 4) is 0 Å². The third kappa shape index (κ3) is 3.65. The maximum atomic E-state index is 12.2. The van der Waals surface area contributed by atoms with E-state index in [0.29, 0.717) is 10.2 Å². The Morgan fingerprint density at radius 2 is 2.05 bits per heavy atom. The fourth-order valence-corrected chi connectivity index (χ4v) is 2.23. The van der Waals surface area contributed by atoms with Gasteiger partial charge in [-0.05, 0) is 46.2 Å². The number of nitrogens with one attached hydrogen (secondary N) is 2. The van der Waals surface area contributed by atoms with E-state index in [1.165, 1.54) is 0 Å². The zero-order chi connectivity index (χ0) is 14.4. The lowest BCUT2D eigenvalue weighted by Crippen LogP contribution is -2.18. The number of halogens is 1. The Bertz CT molecular complexity index is 601. The zero-order valence-electron chi connectivity index (χ0n) is 11.2. The molecule has 2 rings (SSSR count). The molecule has 1 heterocycles. The van der Waals surface area contributed by atoms with Crippen LogP contribution in [0.4, 0.5) is 5.69 Å². The standard InChI is InChI=1S/C15H16BrN3O/c1-2-17-10-11-6-3-4-8-13(11)19-15(20)14-12(16)7-5-9-18-14/h3-9,17H,2,10H2,1H3,(H,19,20). The van der Waals surface area contributed by atoms with Crippen molar-refractivity contribution in [1.29, 1.82) is 0 Å². The number of benzene rings is 1. The van der Waals surface area contributed by atoms with Gasteiger partial charge < -0.3 is 10.6 Å². The molecule has 5 heteroatoms. The van der Waals surface area contributed by atoms with Gasteiger partial charge in [0.05, 0.1) is 0 Å². The van der Waals surface area contributed by atoms with Gasteiger partial charge in [-0.25, -0.2) is 4.98 Å². The highest BCUT2D eigenvalue weighted by molar-refractivity contribution is 9.10. The first-order chi connectivity index (χ1) is 9.72. The lowest BCUT2D eigenvalue weighted by Gasteiger charge is -2.11. The monoisotopic (exact) mass is 333 g/mol. The highest BCUT2D eigenvalue weighted by Crippen LogP contribution is 2.18. The molecule has 0 aliphatic heterocycles. The van der Waals surface area contributed by atoms with Crippen LogP contribution in [0.5, 0.6) is 0 Å². The van der Waals surface area contributed by atoms with E-state index < -0.39 is 0 Å². The molecule has 2 N–H and O–H groups in total. The molecular formula is C15H16BrN3O. The van der Waals surface area contributed by atoms with Gasteiger partial charge in [0.15, 0.2) is 0 Å². The Hall–Kier alpha value is -1.72. The molecule has 4 nitrogen and oxygen atoms in total. The lowest BCUT2D eigenvalue weighted by atomic mass is 10.1. The van der Waals surface area contributed by atoms with Crippen LogP contribution in [0, 0.1) is 0 Å². The Morgan fingerprint density at radius 3 is 2.80 bits per heavy atom. The van der Waals surface area contributed by atoms with Gasteiger partial charge in [0, 0.05) is 22.9 Å². The molecule has 0 spiro atoms. The number of nitrogens with zero attached hydrogens (tertiary/aromatic N) is 1. The van der Waals surface area contributed by atoms with Crippen molar-refractivity contribution in [3.63, 3.8) is 0 Å². The Balaban J connectivity index is 2.18. The van der Waals surface area contributed by atoms with Crippen molar-refractivity contribution < 1.29 is 4.79 Å². The highest BCUT2D eigenvalue weighted by Gasteiger charge is 2.12. The summed E-state index contributed by atoms with van der Waals surface area (Å²) in [6.07, 6.45) is 1.60. The molecule has 0 unspecified atom stereocenters. The second-order valence-electron chi connectivity index (χ2n) is 4.23. The van der Waals surface area contributed by atoms with E-state index >= 15 is 0 Å². The van der Waals surface area contributed by atoms with E-state index in [-0.39, 0.29) is 5.91 Å². The second kappa shape index (κ2) is 7.17. The SMILES string of the molecule is CCNCc1ccccc1NC(=O)c1ncccc1Br. The van der Waals surface area contributed by atoms with Gasteiger partial charge in [-0.15, -0.1) is 0 Å². The van der Waals surface area contributed by atoms with E-state index in [9.17, 15) is 4.79 Å². The third-order valence-corrected chi connectivity index (χ3v) is 3.44. The largest absolute Gasteiger partial charge is 0.320 e. The van der Waals surface area contributed by atoms with Gasteiger partial charge in [0.25, 0.3) is 5.91 Å². The van der Waals surface area contributed by atoms with Crippen molar-refractivity contribution >= 4 is 27.5 Å². The average molecular weight is 334 g/mol. The van der Waals surface area contributed by atoms with Crippen molar-refractivity contribution in [2.75, 3.05) is 11.9 Å². The fourth-order valence-electron chi connectivity index (χ4n) is 1.79. The number of anilines is 1. The van der Waals surface area contributed by atoms with Crippen LogP contribution < -0.4 is 10.6 Å². The molecule has 0 atom stereocenters. The predicted molar refractivity (Wildman–Crippen MR) is 83.7 cm³/mol. The van der Waals surface area contributed by atoms with Crippen LogP contribution in [0.15, 0.2) is 47.1 Å². The summed E-state index contributed by atoms with van der Waals surface area (Å²) in [6, 6.07) is 11.3. The fraction of sp³-hybridized carbons (Fsp3) is 0.200. The summed E-state index contributed by atoms with van der Waals surface area (Å²) in [5.41, 5.74) is 2.23. The molecule has 0 aliphatic rings. The first-order valence-electron chi connectivity index (χ1n) is 6.43. The number of hydrogen-bond acceptors (Lipinski definition) is 3. The molecule has 0 bridgehead atoms. The first kappa shape index (κ1) is 14.7. The van der Waals surface area contributed by atoms with Crippen LogP contribution >= 0.6 is 15.9 Å². The number of hydrogen-bond donors (Lipinski definition) is 2. The van der Waals surface area contributed by atoms with Gasteiger partial charge in [-0.3, -0.25) is 4.79 Å². The highest BCUT2D eigenvalue weighted by atomic mass is 79.9. The number of rotatable bonds is 5. The summed E-state index contributed by atoms with van der Waals surface area (Å²) in [7, 11) is 0. The smallest absolute Gasteiger partial charge is 0.275 e. The van der Waals surface area contributed by atoms with Crippen LogP contribution in [0.3, 0.4) is 0 Å². The minimum atomic E-state index is -0.221. The number of aromatic nitrogens is 1. The summed E-state index contributed by atoms with van der Waals surface area (Å²) in [4.78, 5) is 16.3. The average Bonchev–Trinajstić information content (AvgIpc) is 2.46. The second-order valence-corrected chi connectivity index (χ2v) is 5.08. The van der Waals surface area contributed by atoms with Gasteiger partial charge >= 0.3 is 0 Å². The van der Waals surface area contributed by atoms with Crippen molar-refractivity contribution in [3.05, 3.63) is 58.3 Å². The van der Waals surface area contributed by atoms with Crippen LogP contribution in [0.2, 0.25) is 0 Å². The summed E-state index contributed by atoms with van der Waals surface area (Å²) in [6.45, 7) is 3.65. The molecule has 0 radical (unpaired) electrons. The number of pyridine rings is 1. The molecule has 2 aromatic rings. The van der Waals surface area contributed by atoms with Crippen molar-refractivity contribution in [1.82, 2.24) is 10.3 Å². The third-order valence-electron chi connectivity index (χ3n) is 2.80. The maximum absolute atomic E-state index is 12.2. The van der Waals surface area contributed by atoms with Crippen LogP contribution in [0.1, 0.15) is 23.0 Å². The van der Waals surface area contributed by atoms with Gasteiger partial charge in [-0.2, -0.15) is 0 Å². The minimum Gasteiger partial charge on any atom is -0.320 e. The molecule has 0 saturated carbocycles. The van der Waals surface area contributed by atoms with E-state index in [1.807, 2.05) is 31.2 Å². The van der Waals surface area contributed by atoms with Gasteiger partial charge in [0.1, 0.15) is 5.69 Å². The Morgan fingerprint density at radius 1 is 1.25 bits per heavy atom. The maximum Gasteiger partial charge on any atom is 0.275 e. The van der Waals surface area contributed by atoms with E-state index in [0.717, 1.165) is 24.3 Å². The molecule has 1 aromatic carbocycles. The molecule has 1 aromatic heterocycles. The topological polar surface area (TPSA) is 54.0 Å². The summed E-state index contributed by atoms with van der Waals surface area (Å²) < 4.78 is 0.682. The summed E-state index contributed by atoms with van der Waals surface area (Å²) >= 11 is 3.34. The molecular weight excluding hydrogens is 318 g/mol.